The summed E-state index contributed by atoms with van der Waals surface area (Å²) in [5.74, 6) is 0. The number of alkyl halides is 3. The first-order chi connectivity index (χ1) is 20.9. The predicted octanol–water partition coefficient (Wildman–Crippen LogP) is 11.8. The quantitative estimate of drug-likeness (QED) is 0.140. The van der Waals surface area contributed by atoms with E-state index in [4.69, 9.17) is 0 Å². The zero-order valence-electron chi connectivity index (χ0n) is 25.5. The van der Waals surface area contributed by atoms with Crippen LogP contribution in [0.4, 0.5) is 13.2 Å². The third-order valence-electron chi connectivity index (χ3n) is 8.96. The molecule has 0 aromatic heterocycles. The van der Waals surface area contributed by atoms with Crippen molar-refractivity contribution in [2.75, 3.05) is 0 Å². The molecule has 0 aliphatic heterocycles. The maximum Gasteiger partial charge on any atom is 0.416 e. The number of rotatable bonds is 4. The van der Waals surface area contributed by atoms with Crippen LogP contribution in [-0.2, 0) is 6.18 Å². The highest BCUT2D eigenvalue weighted by Crippen LogP contribution is 2.46. The Balaban J connectivity index is 1.64. The van der Waals surface area contributed by atoms with Gasteiger partial charge in [-0.3, -0.25) is 0 Å². The zero-order valence-corrected chi connectivity index (χ0v) is 26.5. The number of aryl methyl sites for hydroxylation is 2. The standard InChI is InChI=1S/C40H33F3Si/c1-24-6-10-26(11-7-24)34-22-35(27-12-8-25(2)9-13-27)31-20-21-33-37(44(3,4)5)23-36(32-19-18-30(34)38(31)39(32)33)28-14-16-29(17-15-28)40(41,42)43/h6-23H,1-5H3. The van der Waals surface area contributed by atoms with Crippen LogP contribution < -0.4 is 5.19 Å². The molecule has 7 aromatic carbocycles. The highest BCUT2D eigenvalue weighted by atomic mass is 28.3. The van der Waals surface area contributed by atoms with Crippen LogP contribution in [0.3, 0.4) is 0 Å². The Kier molecular flexibility index (Phi) is 6.49. The molecule has 218 valence electrons. The molecule has 0 aliphatic rings. The third-order valence-corrected chi connectivity index (χ3v) is 11.0. The van der Waals surface area contributed by atoms with E-state index < -0.39 is 19.8 Å². The van der Waals surface area contributed by atoms with Crippen molar-refractivity contribution in [3.05, 3.63) is 126 Å². The summed E-state index contributed by atoms with van der Waals surface area (Å²) in [5.41, 5.74) is 8.26. The normalized spacial score (nSPS) is 12.5. The van der Waals surface area contributed by atoms with Crippen molar-refractivity contribution in [1.29, 1.82) is 0 Å². The molecule has 4 heteroatoms. The van der Waals surface area contributed by atoms with Gasteiger partial charge >= 0.3 is 6.18 Å². The summed E-state index contributed by atoms with van der Waals surface area (Å²) in [6.45, 7) is 11.2. The van der Waals surface area contributed by atoms with Crippen molar-refractivity contribution in [2.24, 2.45) is 0 Å². The largest absolute Gasteiger partial charge is 0.416 e. The predicted molar refractivity (Wildman–Crippen MR) is 184 cm³/mol. The van der Waals surface area contributed by atoms with Gasteiger partial charge in [0.05, 0.1) is 13.6 Å². The van der Waals surface area contributed by atoms with E-state index in [0.717, 1.165) is 27.6 Å². The van der Waals surface area contributed by atoms with Crippen LogP contribution in [-0.4, -0.2) is 8.07 Å². The SMILES string of the molecule is Cc1ccc(-c2cc(-c3ccc(C)cc3)c3ccc4c([Si](C)(C)C)cc(-c5ccc(C(F)(F)F)cc5)c5ccc2c3c54)cc1. The minimum absolute atomic E-state index is 0.630. The lowest BCUT2D eigenvalue weighted by molar-refractivity contribution is -0.137. The molecule has 0 N–H and O–H groups in total. The molecule has 0 saturated heterocycles. The van der Waals surface area contributed by atoms with Crippen molar-refractivity contribution in [1.82, 2.24) is 0 Å². The van der Waals surface area contributed by atoms with Crippen LogP contribution in [0.25, 0.3) is 65.7 Å². The van der Waals surface area contributed by atoms with Gasteiger partial charge in [0, 0.05) is 0 Å². The molecule has 0 heterocycles. The number of benzene rings is 7. The minimum atomic E-state index is -4.37. The summed E-state index contributed by atoms with van der Waals surface area (Å²) in [6.07, 6.45) is -4.37. The van der Waals surface area contributed by atoms with E-state index >= 15 is 0 Å². The van der Waals surface area contributed by atoms with Crippen LogP contribution in [0.1, 0.15) is 16.7 Å². The van der Waals surface area contributed by atoms with Crippen LogP contribution in [0.15, 0.2) is 109 Å². The first-order valence-corrected chi connectivity index (χ1v) is 18.5. The second-order valence-electron chi connectivity index (χ2n) is 13.1. The third kappa shape index (κ3) is 4.69. The first-order valence-electron chi connectivity index (χ1n) is 15.0. The molecule has 0 unspecified atom stereocenters. The lowest BCUT2D eigenvalue weighted by Gasteiger charge is -2.25. The van der Waals surface area contributed by atoms with Gasteiger partial charge in [0.25, 0.3) is 0 Å². The minimum Gasteiger partial charge on any atom is -0.166 e. The van der Waals surface area contributed by atoms with Gasteiger partial charge in [-0.1, -0.05) is 127 Å². The van der Waals surface area contributed by atoms with Gasteiger partial charge in [0.1, 0.15) is 0 Å². The molecule has 7 aromatic rings. The molecule has 0 saturated carbocycles. The summed E-state index contributed by atoms with van der Waals surface area (Å²) in [5, 5.41) is 8.39. The molecule has 0 bridgehead atoms. The Hall–Kier alpha value is -4.41. The fourth-order valence-electron chi connectivity index (χ4n) is 6.64. The van der Waals surface area contributed by atoms with Crippen LogP contribution in [0.5, 0.6) is 0 Å². The molecule has 0 aliphatic carbocycles. The fourth-order valence-corrected chi connectivity index (χ4v) is 8.23. The van der Waals surface area contributed by atoms with Gasteiger partial charge in [-0.25, -0.2) is 0 Å². The van der Waals surface area contributed by atoms with Crippen LogP contribution in [0.2, 0.25) is 19.6 Å². The van der Waals surface area contributed by atoms with Crippen molar-refractivity contribution in [3.63, 3.8) is 0 Å². The van der Waals surface area contributed by atoms with Gasteiger partial charge in [-0.15, -0.1) is 0 Å². The van der Waals surface area contributed by atoms with Crippen molar-refractivity contribution < 1.29 is 13.2 Å². The van der Waals surface area contributed by atoms with Crippen LogP contribution >= 0.6 is 0 Å². The highest BCUT2D eigenvalue weighted by Gasteiger charge is 2.30. The Labute approximate surface area is 257 Å². The molecule has 44 heavy (non-hydrogen) atoms. The average molecular weight is 599 g/mol. The van der Waals surface area contributed by atoms with E-state index in [-0.39, 0.29) is 0 Å². The molecular formula is C40H33F3Si. The van der Waals surface area contributed by atoms with Crippen molar-refractivity contribution in [3.8, 4) is 33.4 Å². The Morgan fingerprint density at radius 3 is 1.23 bits per heavy atom. The Morgan fingerprint density at radius 2 is 0.818 bits per heavy atom. The number of halogens is 3. The molecular weight excluding hydrogens is 566 g/mol. The van der Waals surface area contributed by atoms with E-state index in [1.54, 1.807) is 12.1 Å². The molecule has 0 nitrogen and oxygen atoms in total. The molecule has 0 atom stereocenters. The molecule has 7 rings (SSSR count). The zero-order chi connectivity index (χ0) is 31.0. The van der Waals surface area contributed by atoms with E-state index in [1.807, 2.05) is 0 Å². The lowest BCUT2D eigenvalue weighted by Crippen LogP contribution is -2.38. The van der Waals surface area contributed by atoms with Gasteiger partial charge in [0.15, 0.2) is 0 Å². The van der Waals surface area contributed by atoms with E-state index in [0.29, 0.717) is 0 Å². The van der Waals surface area contributed by atoms with Gasteiger partial charge in [0.2, 0.25) is 0 Å². The Bertz CT molecular complexity index is 2100. The summed E-state index contributed by atoms with van der Waals surface area (Å²) in [7, 11) is -1.88. The highest BCUT2D eigenvalue weighted by molar-refractivity contribution is 6.90. The van der Waals surface area contributed by atoms with Gasteiger partial charge in [-0.2, -0.15) is 13.2 Å². The second-order valence-corrected chi connectivity index (χ2v) is 18.1. The fraction of sp³-hybridized carbons (Fsp3) is 0.150. The maximum atomic E-state index is 13.5. The molecule has 0 fully saturated rings. The van der Waals surface area contributed by atoms with E-state index in [1.165, 1.54) is 66.5 Å². The molecule has 0 amide bonds. The summed E-state index contributed by atoms with van der Waals surface area (Å²) in [4.78, 5) is 0. The number of hydrogen-bond donors (Lipinski definition) is 0. The van der Waals surface area contributed by atoms with E-state index in [9.17, 15) is 13.2 Å². The van der Waals surface area contributed by atoms with Crippen molar-refractivity contribution in [2.45, 2.75) is 39.7 Å². The maximum absolute atomic E-state index is 13.5. The first kappa shape index (κ1) is 28.4. The second kappa shape index (κ2) is 10.1. The number of hydrogen-bond acceptors (Lipinski definition) is 0. The molecule has 0 spiro atoms. The van der Waals surface area contributed by atoms with Gasteiger partial charge < -0.3 is 0 Å². The smallest absolute Gasteiger partial charge is 0.166 e. The molecule has 0 radical (unpaired) electrons. The monoisotopic (exact) mass is 598 g/mol. The lowest BCUT2D eigenvalue weighted by atomic mass is 9.84. The summed E-state index contributed by atoms with van der Waals surface area (Å²) in [6, 6.07) is 36.6. The summed E-state index contributed by atoms with van der Waals surface area (Å²) < 4.78 is 40.4. The topological polar surface area (TPSA) is 0 Å². The van der Waals surface area contributed by atoms with Crippen molar-refractivity contribution >= 4 is 45.6 Å². The average Bonchev–Trinajstić information content (AvgIpc) is 2.99. The van der Waals surface area contributed by atoms with E-state index in [2.05, 4.69) is 118 Å². The van der Waals surface area contributed by atoms with Crippen LogP contribution in [0, 0.1) is 13.8 Å². The van der Waals surface area contributed by atoms with Gasteiger partial charge in [-0.05, 0) is 97.7 Å². The Morgan fingerprint density at radius 1 is 0.455 bits per heavy atom. The summed E-state index contributed by atoms with van der Waals surface area (Å²) >= 11 is 0.